The molecule has 2 heterocycles. The van der Waals surface area contributed by atoms with Crippen LogP contribution in [0.3, 0.4) is 0 Å². The third kappa shape index (κ3) is 2.98. The van der Waals surface area contributed by atoms with Crippen LogP contribution in [0.1, 0.15) is 29.3 Å². The zero-order chi connectivity index (χ0) is 18.2. The normalized spacial score (nSPS) is 19.9. The van der Waals surface area contributed by atoms with Crippen molar-refractivity contribution in [3.8, 4) is 23.3 Å². The van der Waals surface area contributed by atoms with Crippen LogP contribution in [0.25, 0.3) is 11.1 Å². The Morgan fingerprint density at radius 1 is 1.20 bits per heavy atom. The Balaban J connectivity index is 2.03. The highest BCUT2D eigenvalue weighted by Gasteiger charge is 2.37. The SMILES string of the molecule is CN1C(=O)C[C@@](C)(c2cc(-c3cc(C#N)cc(C#N)c3)cs2)N=C1N. The molecule has 1 amide bonds. The van der Waals surface area contributed by atoms with E-state index in [2.05, 4.69) is 17.1 Å². The van der Waals surface area contributed by atoms with E-state index in [9.17, 15) is 4.79 Å². The van der Waals surface area contributed by atoms with Gasteiger partial charge in [-0.05, 0) is 47.7 Å². The molecule has 124 valence electrons. The predicted molar refractivity (Wildman–Crippen MR) is 95.5 cm³/mol. The van der Waals surface area contributed by atoms with E-state index in [1.807, 2.05) is 18.4 Å². The van der Waals surface area contributed by atoms with Crippen LogP contribution in [0.5, 0.6) is 0 Å². The third-order valence-electron chi connectivity index (χ3n) is 4.23. The summed E-state index contributed by atoms with van der Waals surface area (Å²) in [6, 6.07) is 11.1. The molecule has 1 aliphatic rings. The lowest BCUT2D eigenvalue weighted by Gasteiger charge is -2.32. The first-order valence-electron chi connectivity index (χ1n) is 7.53. The average molecular weight is 349 g/mol. The van der Waals surface area contributed by atoms with Crippen molar-refractivity contribution in [2.24, 2.45) is 10.7 Å². The number of nitrogens with two attached hydrogens (primary N) is 1. The fourth-order valence-electron chi connectivity index (χ4n) is 2.74. The minimum atomic E-state index is -0.707. The molecule has 1 aromatic carbocycles. The molecular weight excluding hydrogens is 334 g/mol. The number of amides is 1. The molecule has 1 aliphatic heterocycles. The van der Waals surface area contributed by atoms with Crippen molar-refractivity contribution >= 4 is 23.2 Å². The van der Waals surface area contributed by atoms with Gasteiger partial charge in [0, 0.05) is 11.9 Å². The molecule has 1 aromatic heterocycles. The van der Waals surface area contributed by atoms with Gasteiger partial charge in [-0.3, -0.25) is 9.69 Å². The van der Waals surface area contributed by atoms with Gasteiger partial charge in [0.15, 0.2) is 5.96 Å². The lowest BCUT2D eigenvalue weighted by molar-refractivity contribution is -0.128. The summed E-state index contributed by atoms with van der Waals surface area (Å²) >= 11 is 1.48. The average Bonchev–Trinajstić information content (AvgIpc) is 3.10. The molecule has 0 unspecified atom stereocenters. The Morgan fingerprint density at radius 3 is 2.40 bits per heavy atom. The fraction of sp³-hybridized carbons (Fsp3) is 0.222. The number of guanidine groups is 1. The number of thiophene rings is 1. The van der Waals surface area contributed by atoms with Crippen molar-refractivity contribution in [2.75, 3.05) is 7.05 Å². The molecule has 0 saturated carbocycles. The second-order valence-electron chi connectivity index (χ2n) is 6.10. The predicted octanol–water partition coefficient (Wildman–Crippen LogP) is 2.55. The Kier molecular flexibility index (Phi) is 4.03. The van der Waals surface area contributed by atoms with Gasteiger partial charge >= 0.3 is 0 Å². The minimum absolute atomic E-state index is 0.0804. The highest BCUT2D eigenvalue weighted by molar-refractivity contribution is 7.10. The van der Waals surface area contributed by atoms with Gasteiger partial charge in [-0.1, -0.05) is 0 Å². The zero-order valence-corrected chi connectivity index (χ0v) is 14.6. The third-order valence-corrected chi connectivity index (χ3v) is 5.41. The van der Waals surface area contributed by atoms with Crippen molar-refractivity contribution in [3.63, 3.8) is 0 Å². The molecular formula is C18H15N5OS. The van der Waals surface area contributed by atoms with E-state index in [1.165, 1.54) is 16.2 Å². The van der Waals surface area contributed by atoms with Gasteiger partial charge in [0.05, 0.1) is 29.7 Å². The molecule has 6 nitrogen and oxygen atoms in total. The second kappa shape index (κ2) is 6.04. The lowest BCUT2D eigenvalue weighted by Crippen LogP contribution is -2.47. The van der Waals surface area contributed by atoms with Crippen LogP contribution < -0.4 is 5.73 Å². The molecule has 25 heavy (non-hydrogen) atoms. The number of hydrogen-bond donors (Lipinski definition) is 1. The molecule has 2 aromatic rings. The van der Waals surface area contributed by atoms with Crippen molar-refractivity contribution in [1.82, 2.24) is 4.90 Å². The molecule has 0 aliphatic carbocycles. The number of nitriles is 2. The molecule has 0 fully saturated rings. The van der Waals surface area contributed by atoms with Gasteiger partial charge in [-0.15, -0.1) is 11.3 Å². The van der Waals surface area contributed by atoms with Crippen molar-refractivity contribution in [3.05, 3.63) is 45.6 Å². The van der Waals surface area contributed by atoms with Crippen LogP contribution in [0.15, 0.2) is 34.6 Å². The molecule has 1 atom stereocenters. The van der Waals surface area contributed by atoms with Gasteiger partial charge in [0.2, 0.25) is 5.91 Å². The van der Waals surface area contributed by atoms with Crippen molar-refractivity contribution < 1.29 is 4.79 Å². The Labute approximate surface area is 149 Å². The van der Waals surface area contributed by atoms with E-state index >= 15 is 0 Å². The number of aliphatic imine (C=N–C) groups is 1. The fourth-order valence-corrected chi connectivity index (χ4v) is 3.77. The van der Waals surface area contributed by atoms with Crippen LogP contribution in [-0.4, -0.2) is 23.8 Å². The highest BCUT2D eigenvalue weighted by Crippen LogP contribution is 2.39. The van der Waals surface area contributed by atoms with Crippen LogP contribution >= 0.6 is 11.3 Å². The summed E-state index contributed by atoms with van der Waals surface area (Å²) in [6.45, 7) is 1.88. The largest absolute Gasteiger partial charge is 0.369 e. The van der Waals surface area contributed by atoms with Gasteiger partial charge in [0.25, 0.3) is 0 Å². The van der Waals surface area contributed by atoms with E-state index in [1.54, 1.807) is 25.2 Å². The summed E-state index contributed by atoms with van der Waals surface area (Å²) in [6.07, 6.45) is 0.242. The summed E-state index contributed by atoms with van der Waals surface area (Å²) in [5.41, 5.74) is 7.70. The number of hydrogen-bond acceptors (Lipinski definition) is 6. The molecule has 2 N–H and O–H groups in total. The van der Waals surface area contributed by atoms with Crippen LogP contribution in [0, 0.1) is 22.7 Å². The first-order chi connectivity index (χ1) is 11.9. The standard InChI is InChI=1S/C18H15N5OS/c1-18(7-16(24)23(2)17(21)22-18)15-6-14(10-25-15)13-4-11(8-19)3-12(5-13)9-20/h3-6,10H,7H2,1-2H3,(H2,21,22)/t18-/m0/s1. The maximum Gasteiger partial charge on any atom is 0.231 e. The smallest absolute Gasteiger partial charge is 0.231 e. The van der Waals surface area contributed by atoms with E-state index in [4.69, 9.17) is 16.3 Å². The number of rotatable bonds is 2. The number of nitrogens with zero attached hydrogens (tertiary/aromatic N) is 4. The highest BCUT2D eigenvalue weighted by atomic mass is 32.1. The topological polar surface area (TPSA) is 106 Å². The van der Waals surface area contributed by atoms with Crippen LogP contribution in [0.2, 0.25) is 0 Å². The number of carbonyl (C=O) groups is 1. The summed E-state index contributed by atoms with van der Waals surface area (Å²) in [5.74, 6) is 0.120. The number of benzene rings is 1. The van der Waals surface area contributed by atoms with E-state index in [0.29, 0.717) is 11.1 Å². The quantitative estimate of drug-likeness (QED) is 0.899. The molecule has 7 heteroatoms. The lowest BCUT2D eigenvalue weighted by atomic mass is 9.93. The Hall–Kier alpha value is -3.16. The number of carbonyl (C=O) groups excluding carboxylic acids is 1. The van der Waals surface area contributed by atoms with Gasteiger partial charge in [-0.25, -0.2) is 4.99 Å². The van der Waals surface area contributed by atoms with Gasteiger partial charge in [-0.2, -0.15) is 10.5 Å². The zero-order valence-electron chi connectivity index (χ0n) is 13.8. The summed E-state index contributed by atoms with van der Waals surface area (Å²) < 4.78 is 0. The van der Waals surface area contributed by atoms with Crippen molar-refractivity contribution in [1.29, 1.82) is 10.5 Å². The maximum absolute atomic E-state index is 12.1. The molecule has 0 bridgehead atoms. The van der Waals surface area contributed by atoms with E-state index < -0.39 is 5.54 Å². The summed E-state index contributed by atoms with van der Waals surface area (Å²) in [5, 5.41) is 20.2. The van der Waals surface area contributed by atoms with E-state index in [0.717, 1.165) is 16.0 Å². The monoisotopic (exact) mass is 349 g/mol. The first-order valence-corrected chi connectivity index (χ1v) is 8.41. The van der Waals surface area contributed by atoms with Gasteiger partial charge in [0.1, 0.15) is 5.54 Å². The van der Waals surface area contributed by atoms with Crippen molar-refractivity contribution in [2.45, 2.75) is 18.9 Å². The minimum Gasteiger partial charge on any atom is -0.369 e. The second-order valence-corrected chi connectivity index (χ2v) is 7.01. The van der Waals surface area contributed by atoms with Crippen LogP contribution in [0.4, 0.5) is 0 Å². The molecule has 3 rings (SSSR count). The Morgan fingerprint density at radius 2 is 1.84 bits per heavy atom. The molecule has 0 spiro atoms. The summed E-state index contributed by atoms with van der Waals surface area (Å²) in [4.78, 5) is 18.9. The maximum atomic E-state index is 12.1. The summed E-state index contributed by atoms with van der Waals surface area (Å²) in [7, 11) is 1.61. The van der Waals surface area contributed by atoms with Gasteiger partial charge < -0.3 is 5.73 Å². The first kappa shape index (κ1) is 16.7. The van der Waals surface area contributed by atoms with E-state index in [-0.39, 0.29) is 18.3 Å². The molecule has 0 saturated heterocycles. The molecule has 0 radical (unpaired) electrons. The Bertz CT molecular complexity index is 946. The van der Waals surface area contributed by atoms with Crippen LogP contribution in [-0.2, 0) is 10.3 Å².